The second-order valence-corrected chi connectivity index (χ2v) is 15.4. The van der Waals surface area contributed by atoms with Crippen molar-refractivity contribution >= 4 is 60.7 Å². The number of benzene rings is 8. The van der Waals surface area contributed by atoms with Crippen molar-refractivity contribution in [3.63, 3.8) is 0 Å². The minimum Gasteiger partial charge on any atom is -0.509 e. The van der Waals surface area contributed by atoms with Crippen molar-refractivity contribution in [3.05, 3.63) is 237 Å². The normalized spacial score (nSPS) is 12.6. The Bertz CT molecular complexity index is 3470. The summed E-state index contributed by atoms with van der Waals surface area (Å²) in [7, 11) is 0. The molecule has 0 atom stereocenters. The zero-order chi connectivity index (χ0) is 41.0. The van der Waals surface area contributed by atoms with E-state index in [2.05, 4.69) is 214 Å². The molecule has 3 aromatic heterocycles. The summed E-state index contributed by atoms with van der Waals surface area (Å²) in [6.07, 6.45) is 4.16. The van der Waals surface area contributed by atoms with Crippen molar-refractivity contribution in [2.45, 2.75) is 0 Å². The van der Waals surface area contributed by atoms with Crippen LogP contribution in [-0.4, -0.2) is 14.1 Å². The van der Waals surface area contributed by atoms with Gasteiger partial charge in [0, 0.05) is 78.2 Å². The number of ether oxygens (including phenoxy) is 1. The van der Waals surface area contributed by atoms with E-state index < -0.39 is 0 Å². The third kappa shape index (κ3) is 6.76. The van der Waals surface area contributed by atoms with Crippen molar-refractivity contribution in [2.24, 2.45) is 0 Å². The average Bonchev–Trinajstić information content (AvgIpc) is 4.03. The number of nitrogens with zero attached hydrogens (tertiary/aromatic N) is 5. The number of rotatable bonds is 8. The van der Waals surface area contributed by atoms with Gasteiger partial charge in [-0.25, -0.2) is 4.98 Å². The third-order valence-corrected chi connectivity index (χ3v) is 11.7. The minimum absolute atomic E-state index is 0. The second-order valence-electron chi connectivity index (χ2n) is 15.4. The number of fused-ring (bicyclic) bond motifs is 6. The molecule has 8 aromatic carbocycles. The molecule has 4 heterocycles. The monoisotopic (exact) mass is 989 g/mol. The van der Waals surface area contributed by atoms with Crippen molar-refractivity contribution in [3.8, 4) is 34.1 Å². The molecule has 0 fully saturated rings. The Balaban J connectivity index is 0.00000444. The molecule has 0 saturated heterocycles. The average molecular weight is 990 g/mol. The Morgan fingerprint density at radius 2 is 1.13 bits per heavy atom. The maximum Gasteiger partial charge on any atom is 0.137 e. The Morgan fingerprint density at radius 1 is 0.460 bits per heavy atom. The van der Waals surface area contributed by atoms with E-state index in [0.717, 1.165) is 88.9 Å². The summed E-state index contributed by atoms with van der Waals surface area (Å²) in [5, 5.41) is 4.41. The van der Waals surface area contributed by atoms with E-state index in [-0.39, 0.29) is 21.1 Å². The van der Waals surface area contributed by atoms with Gasteiger partial charge in [-0.15, -0.1) is 48.1 Å². The van der Waals surface area contributed by atoms with Crippen LogP contribution in [0.25, 0.3) is 71.9 Å². The van der Waals surface area contributed by atoms with Crippen LogP contribution >= 0.6 is 0 Å². The molecule has 0 aliphatic carbocycles. The van der Waals surface area contributed by atoms with Crippen LogP contribution in [0.1, 0.15) is 5.56 Å². The van der Waals surface area contributed by atoms with Gasteiger partial charge in [-0.2, -0.15) is 12.1 Å². The van der Waals surface area contributed by atoms with E-state index in [1.165, 1.54) is 0 Å². The zero-order valence-electron chi connectivity index (χ0n) is 33.7. The van der Waals surface area contributed by atoms with Gasteiger partial charge in [0.1, 0.15) is 5.82 Å². The SMILES string of the molecule is [Pt].[c-]1c(Oc2[c-]c3c(cc2)c2cc(-c4ccccc4)ccc2n3-c2cc3c(cn2)c2ccccc2n3-c2ccccc2)cccc1N1[CH-]N(c2ccccc2)C=C1c1ccccc1. The van der Waals surface area contributed by atoms with Crippen LogP contribution in [0.3, 0.4) is 0 Å². The molecule has 0 spiro atoms. The Labute approximate surface area is 379 Å². The molecule has 63 heavy (non-hydrogen) atoms. The maximum absolute atomic E-state index is 6.68. The van der Waals surface area contributed by atoms with Gasteiger partial charge < -0.3 is 23.7 Å². The predicted molar refractivity (Wildman–Crippen MR) is 253 cm³/mol. The summed E-state index contributed by atoms with van der Waals surface area (Å²) in [4.78, 5) is 9.47. The van der Waals surface area contributed by atoms with Gasteiger partial charge >= 0.3 is 0 Å². The summed E-state index contributed by atoms with van der Waals surface area (Å²) in [5.74, 6) is 1.95. The number of pyridine rings is 1. The van der Waals surface area contributed by atoms with Gasteiger partial charge in [0.2, 0.25) is 0 Å². The molecule has 0 bridgehead atoms. The van der Waals surface area contributed by atoms with Gasteiger partial charge in [0.15, 0.2) is 0 Å². The van der Waals surface area contributed by atoms with Gasteiger partial charge in [-0.3, -0.25) is 0 Å². The van der Waals surface area contributed by atoms with Gasteiger partial charge in [-0.1, -0.05) is 133 Å². The molecule has 12 rings (SSSR count). The van der Waals surface area contributed by atoms with E-state index in [0.29, 0.717) is 11.5 Å². The third-order valence-electron chi connectivity index (χ3n) is 11.7. The first-order valence-electron chi connectivity index (χ1n) is 20.7. The van der Waals surface area contributed by atoms with Crippen molar-refractivity contribution in [2.75, 3.05) is 9.80 Å². The molecule has 0 N–H and O–H groups in total. The molecule has 304 valence electrons. The first-order valence-corrected chi connectivity index (χ1v) is 20.7. The van der Waals surface area contributed by atoms with Crippen LogP contribution in [0.5, 0.6) is 11.5 Å². The van der Waals surface area contributed by atoms with E-state index in [1.807, 2.05) is 36.5 Å². The molecule has 0 amide bonds. The number of hydrogen-bond acceptors (Lipinski definition) is 4. The summed E-state index contributed by atoms with van der Waals surface area (Å²) in [6.45, 7) is 2.09. The van der Waals surface area contributed by atoms with Crippen molar-refractivity contribution in [1.29, 1.82) is 0 Å². The van der Waals surface area contributed by atoms with Gasteiger partial charge in [-0.05, 0) is 64.7 Å². The molecule has 1 aliphatic rings. The molecule has 7 heteroatoms. The summed E-state index contributed by atoms with van der Waals surface area (Å²) >= 11 is 0. The molecular weight excluding hydrogens is 954 g/mol. The summed E-state index contributed by atoms with van der Waals surface area (Å²) in [6, 6.07) is 76.6. The Morgan fingerprint density at radius 3 is 1.90 bits per heavy atom. The first kappa shape index (κ1) is 38.3. The summed E-state index contributed by atoms with van der Waals surface area (Å²) < 4.78 is 11.2. The molecule has 0 saturated carbocycles. The van der Waals surface area contributed by atoms with Crippen LogP contribution < -0.4 is 14.5 Å². The van der Waals surface area contributed by atoms with Crippen molar-refractivity contribution < 1.29 is 25.8 Å². The van der Waals surface area contributed by atoms with Crippen LogP contribution in [0.15, 0.2) is 213 Å². The summed E-state index contributed by atoms with van der Waals surface area (Å²) in [5.41, 5.74) is 11.6. The zero-order valence-corrected chi connectivity index (χ0v) is 36.0. The number of aromatic nitrogens is 3. The van der Waals surface area contributed by atoms with E-state index in [1.54, 1.807) is 0 Å². The molecule has 6 nitrogen and oxygen atoms in total. The first-order chi connectivity index (χ1) is 30.7. The van der Waals surface area contributed by atoms with Crippen molar-refractivity contribution in [1.82, 2.24) is 14.1 Å². The fourth-order valence-corrected chi connectivity index (χ4v) is 8.79. The topological polar surface area (TPSA) is 38.5 Å². The Kier molecular flexibility index (Phi) is 9.71. The van der Waals surface area contributed by atoms with Crippen LogP contribution in [-0.2, 0) is 21.1 Å². The molecule has 0 unspecified atom stereocenters. The Hall–Kier alpha value is -7.66. The molecular formula is C56H36N5OPt-3. The van der Waals surface area contributed by atoms with E-state index >= 15 is 0 Å². The molecule has 1 aliphatic heterocycles. The number of hydrogen-bond donors (Lipinski definition) is 0. The predicted octanol–water partition coefficient (Wildman–Crippen LogP) is 13.8. The standard InChI is InChI=1S/C56H36N5O.Pt/c1-5-16-39(17-6-1)41-28-31-52-49(32-41)48-30-29-46(34-53(48)61(52)56-35-54-50(36-57-56)47-26-13-14-27-51(47)60(54)43-22-11-4-12-23-43)62-45-25-15-24-44(33-45)59-38-58(42-20-9-3-10-21-42)37-55(59)40-18-7-2-8-19-40;/h1-32,35-38H;/q-3;. The molecule has 0 radical (unpaired) electrons. The fraction of sp³-hybridized carbons (Fsp3) is 0. The smallest absolute Gasteiger partial charge is 0.137 e. The van der Waals surface area contributed by atoms with Crippen LogP contribution in [0.2, 0.25) is 0 Å². The van der Waals surface area contributed by atoms with Crippen LogP contribution in [0.4, 0.5) is 11.4 Å². The van der Waals surface area contributed by atoms with Gasteiger partial charge in [0.05, 0.1) is 11.0 Å². The second kappa shape index (κ2) is 16.0. The number of para-hydroxylation sites is 3. The largest absolute Gasteiger partial charge is 0.509 e. The fourth-order valence-electron chi connectivity index (χ4n) is 8.79. The van der Waals surface area contributed by atoms with Gasteiger partial charge in [0.25, 0.3) is 0 Å². The molecule has 11 aromatic rings. The maximum atomic E-state index is 6.68. The minimum atomic E-state index is 0. The van der Waals surface area contributed by atoms with E-state index in [9.17, 15) is 0 Å². The van der Waals surface area contributed by atoms with E-state index in [4.69, 9.17) is 9.72 Å². The number of anilines is 2. The quantitative estimate of drug-likeness (QED) is 0.142. The van der Waals surface area contributed by atoms with Crippen LogP contribution in [0, 0.1) is 18.8 Å².